The van der Waals surface area contributed by atoms with E-state index < -0.39 is 0 Å². The number of aryl methyl sites for hydroxylation is 1. The fourth-order valence-electron chi connectivity index (χ4n) is 1.39. The van der Waals surface area contributed by atoms with Gasteiger partial charge < -0.3 is 9.47 Å². The van der Waals surface area contributed by atoms with Crippen molar-refractivity contribution in [2.24, 2.45) is 7.05 Å². The SMILES string of the molecule is CCN(CC)C(=O)Cc1nccn1C. The van der Waals surface area contributed by atoms with Crippen molar-refractivity contribution in [3.05, 3.63) is 18.2 Å². The minimum Gasteiger partial charge on any atom is -0.343 e. The van der Waals surface area contributed by atoms with Gasteiger partial charge in [0, 0.05) is 32.5 Å². The first kappa shape index (κ1) is 10.8. The lowest BCUT2D eigenvalue weighted by molar-refractivity contribution is -0.130. The zero-order valence-electron chi connectivity index (χ0n) is 9.03. The lowest BCUT2D eigenvalue weighted by Crippen LogP contribution is -2.32. The van der Waals surface area contributed by atoms with Crippen LogP contribution in [-0.2, 0) is 18.3 Å². The van der Waals surface area contributed by atoms with E-state index in [9.17, 15) is 4.79 Å². The lowest BCUT2D eigenvalue weighted by atomic mass is 10.3. The summed E-state index contributed by atoms with van der Waals surface area (Å²) in [7, 11) is 1.90. The molecule has 0 aliphatic heterocycles. The number of aromatic nitrogens is 2. The van der Waals surface area contributed by atoms with Crippen molar-refractivity contribution in [3.8, 4) is 0 Å². The molecule has 1 heterocycles. The van der Waals surface area contributed by atoms with Crippen molar-refractivity contribution in [1.82, 2.24) is 14.5 Å². The van der Waals surface area contributed by atoms with Gasteiger partial charge >= 0.3 is 0 Å². The van der Waals surface area contributed by atoms with Crippen LogP contribution < -0.4 is 0 Å². The highest BCUT2D eigenvalue weighted by atomic mass is 16.2. The first-order valence-electron chi connectivity index (χ1n) is 4.93. The zero-order chi connectivity index (χ0) is 10.6. The predicted molar refractivity (Wildman–Crippen MR) is 54.8 cm³/mol. The summed E-state index contributed by atoms with van der Waals surface area (Å²) in [6.45, 7) is 5.50. The van der Waals surface area contributed by atoms with E-state index in [1.807, 2.05) is 36.6 Å². The number of carbonyl (C=O) groups excluding carboxylic acids is 1. The zero-order valence-corrected chi connectivity index (χ0v) is 9.03. The van der Waals surface area contributed by atoms with Gasteiger partial charge in [0.05, 0.1) is 6.42 Å². The molecule has 1 amide bonds. The van der Waals surface area contributed by atoms with E-state index in [-0.39, 0.29) is 5.91 Å². The van der Waals surface area contributed by atoms with Gasteiger partial charge in [-0.1, -0.05) is 0 Å². The molecule has 4 heteroatoms. The Balaban J connectivity index is 2.61. The Morgan fingerprint density at radius 2 is 2.14 bits per heavy atom. The highest BCUT2D eigenvalue weighted by Crippen LogP contribution is 1.99. The normalized spacial score (nSPS) is 10.2. The highest BCUT2D eigenvalue weighted by molar-refractivity contribution is 5.77. The van der Waals surface area contributed by atoms with E-state index in [1.165, 1.54) is 0 Å². The van der Waals surface area contributed by atoms with Gasteiger partial charge in [-0.3, -0.25) is 4.79 Å². The first-order chi connectivity index (χ1) is 6.69. The fraction of sp³-hybridized carbons (Fsp3) is 0.600. The molecule has 0 saturated heterocycles. The summed E-state index contributed by atoms with van der Waals surface area (Å²) in [5.74, 6) is 0.964. The summed E-state index contributed by atoms with van der Waals surface area (Å²) < 4.78 is 1.88. The standard InChI is InChI=1S/C10H17N3O/c1-4-13(5-2)10(14)8-9-11-6-7-12(9)3/h6-7H,4-5,8H2,1-3H3. The Morgan fingerprint density at radius 1 is 1.50 bits per heavy atom. The van der Waals surface area contributed by atoms with Gasteiger partial charge in [-0.05, 0) is 13.8 Å². The average Bonchev–Trinajstić information content (AvgIpc) is 2.54. The molecule has 0 aliphatic rings. The van der Waals surface area contributed by atoms with Crippen LogP contribution in [0.15, 0.2) is 12.4 Å². The monoisotopic (exact) mass is 195 g/mol. The van der Waals surface area contributed by atoms with Crippen LogP contribution in [-0.4, -0.2) is 33.4 Å². The van der Waals surface area contributed by atoms with Crippen LogP contribution in [0, 0.1) is 0 Å². The second kappa shape index (κ2) is 4.79. The molecule has 0 radical (unpaired) electrons. The van der Waals surface area contributed by atoms with Crippen molar-refractivity contribution in [2.45, 2.75) is 20.3 Å². The molecule has 0 bridgehead atoms. The largest absolute Gasteiger partial charge is 0.343 e. The first-order valence-corrected chi connectivity index (χ1v) is 4.93. The summed E-state index contributed by atoms with van der Waals surface area (Å²) in [6.07, 6.45) is 3.96. The van der Waals surface area contributed by atoms with Crippen LogP contribution in [0.25, 0.3) is 0 Å². The van der Waals surface area contributed by atoms with Gasteiger partial charge in [0.15, 0.2) is 0 Å². The second-order valence-electron chi connectivity index (χ2n) is 3.20. The van der Waals surface area contributed by atoms with Crippen molar-refractivity contribution in [3.63, 3.8) is 0 Å². The fourth-order valence-corrected chi connectivity index (χ4v) is 1.39. The van der Waals surface area contributed by atoms with Crippen molar-refractivity contribution < 1.29 is 4.79 Å². The van der Waals surface area contributed by atoms with Crippen molar-refractivity contribution in [1.29, 1.82) is 0 Å². The van der Waals surface area contributed by atoms with Crippen LogP contribution in [0.2, 0.25) is 0 Å². The maximum atomic E-state index is 11.7. The molecule has 1 rings (SSSR count). The minimum absolute atomic E-state index is 0.143. The van der Waals surface area contributed by atoms with Gasteiger partial charge in [0.2, 0.25) is 5.91 Å². The van der Waals surface area contributed by atoms with Gasteiger partial charge in [0.25, 0.3) is 0 Å². The summed E-state index contributed by atoms with van der Waals surface area (Å²) in [6, 6.07) is 0. The van der Waals surface area contributed by atoms with Crippen molar-refractivity contribution >= 4 is 5.91 Å². The number of likely N-dealkylation sites (N-methyl/N-ethyl adjacent to an activating group) is 1. The highest BCUT2D eigenvalue weighted by Gasteiger charge is 2.12. The molecule has 0 atom stereocenters. The number of hydrogen-bond acceptors (Lipinski definition) is 2. The molecular weight excluding hydrogens is 178 g/mol. The maximum absolute atomic E-state index is 11.7. The Morgan fingerprint density at radius 3 is 2.57 bits per heavy atom. The molecular formula is C10H17N3O. The smallest absolute Gasteiger partial charge is 0.230 e. The number of nitrogens with zero attached hydrogens (tertiary/aromatic N) is 3. The number of rotatable bonds is 4. The summed E-state index contributed by atoms with van der Waals surface area (Å²) >= 11 is 0. The maximum Gasteiger partial charge on any atom is 0.230 e. The molecule has 0 aromatic carbocycles. The predicted octanol–water partition coefficient (Wildman–Crippen LogP) is 0.831. The molecule has 4 nitrogen and oxygen atoms in total. The van der Waals surface area contributed by atoms with Crippen LogP contribution in [0.4, 0.5) is 0 Å². The number of hydrogen-bond donors (Lipinski definition) is 0. The number of carbonyl (C=O) groups is 1. The van der Waals surface area contributed by atoms with Crippen LogP contribution in [0.5, 0.6) is 0 Å². The molecule has 0 aliphatic carbocycles. The molecule has 1 aromatic rings. The van der Waals surface area contributed by atoms with Gasteiger partial charge in [-0.25, -0.2) is 4.98 Å². The Hall–Kier alpha value is -1.32. The quantitative estimate of drug-likeness (QED) is 0.713. The molecule has 0 N–H and O–H groups in total. The molecule has 0 saturated carbocycles. The third-order valence-electron chi connectivity index (χ3n) is 2.35. The Labute approximate surface area is 84.5 Å². The summed E-state index contributed by atoms with van der Waals surface area (Å²) in [4.78, 5) is 17.6. The number of imidazole rings is 1. The molecule has 0 fully saturated rings. The Kier molecular flexibility index (Phi) is 3.68. The number of amides is 1. The van der Waals surface area contributed by atoms with Crippen LogP contribution >= 0.6 is 0 Å². The summed E-state index contributed by atoms with van der Waals surface area (Å²) in [5, 5.41) is 0. The van der Waals surface area contributed by atoms with E-state index in [2.05, 4.69) is 4.98 Å². The van der Waals surface area contributed by atoms with E-state index >= 15 is 0 Å². The van der Waals surface area contributed by atoms with E-state index in [0.717, 1.165) is 18.9 Å². The van der Waals surface area contributed by atoms with Gasteiger partial charge in [-0.2, -0.15) is 0 Å². The molecule has 0 unspecified atom stereocenters. The van der Waals surface area contributed by atoms with Crippen LogP contribution in [0.3, 0.4) is 0 Å². The van der Waals surface area contributed by atoms with E-state index in [4.69, 9.17) is 0 Å². The molecule has 78 valence electrons. The molecule has 0 spiro atoms. The van der Waals surface area contributed by atoms with Crippen LogP contribution in [0.1, 0.15) is 19.7 Å². The lowest BCUT2D eigenvalue weighted by Gasteiger charge is -2.18. The third kappa shape index (κ3) is 2.34. The van der Waals surface area contributed by atoms with E-state index in [0.29, 0.717) is 6.42 Å². The van der Waals surface area contributed by atoms with E-state index in [1.54, 1.807) is 6.20 Å². The van der Waals surface area contributed by atoms with Crippen molar-refractivity contribution in [2.75, 3.05) is 13.1 Å². The minimum atomic E-state index is 0.143. The third-order valence-corrected chi connectivity index (χ3v) is 2.35. The van der Waals surface area contributed by atoms with Gasteiger partial charge in [0.1, 0.15) is 5.82 Å². The topological polar surface area (TPSA) is 38.1 Å². The molecule has 1 aromatic heterocycles. The summed E-state index contributed by atoms with van der Waals surface area (Å²) in [5.41, 5.74) is 0. The second-order valence-corrected chi connectivity index (χ2v) is 3.20. The van der Waals surface area contributed by atoms with Gasteiger partial charge in [-0.15, -0.1) is 0 Å². The Bertz CT molecular complexity index is 302. The molecule has 14 heavy (non-hydrogen) atoms. The average molecular weight is 195 g/mol.